The Kier molecular flexibility index (Phi) is 5.40. The number of benzene rings is 1. The Morgan fingerprint density at radius 1 is 1.37 bits per heavy atom. The molecule has 1 aromatic rings. The number of rotatable bonds is 5. The summed E-state index contributed by atoms with van der Waals surface area (Å²) in [6.45, 7) is 3.22. The van der Waals surface area contributed by atoms with Crippen LogP contribution in [0.5, 0.6) is 0 Å². The fourth-order valence-corrected chi connectivity index (χ4v) is 2.62. The number of amides is 1. The van der Waals surface area contributed by atoms with E-state index in [0.29, 0.717) is 18.5 Å². The lowest BCUT2D eigenvalue weighted by Crippen LogP contribution is -2.51. The third kappa shape index (κ3) is 4.67. The van der Waals surface area contributed by atoms with Gasteiger partial charge in [0.25, 0.3) is 0 Å². The zero-order valence-corrected chi connectivity index (χ0v) is 11.7. The highest BCUT2D eigenvalue weighted by molar-refractivity contribution is 5.76. The minimum atomic E-state index is 0.191. The molecule has 0 aromatic heterocycles. The van der Waals surface area contributed by atoms with Crippen LogP contribution in [0.25, 0.3) is 0 Å². The van der Waals surface area contributed by atoms with Crippen LogP contribution < -0.4 is 10.6 Å². The van der Waals surface area contributed by atoms with Crippen molar-refractivity contribution in [2.75, 3.05) is 6.54 Å². The molecule has 1 aliphatic heterocycles. The van der Waals surface area contributed by atoms with Crippen LogP contribution in [-0.2, 0) is 11.2 Å². The van der Waals surface area contributed by atoms with Crippen molar-refractivity contribution in [1.82, 2.24) is 10.6 Å². The molecule has 0 spiro atoms. The highest BCUT2D eigenvalue weighted by Crippen LogP contribution is 2.09. The van der Waals surface area contributed by atoms with Crippen LogP contribution in [0.4, 0.5) is 0 Å². The number of carbonyl (C=O) groups is 1. The maximum absolute atomic E-state index is 11.9. The summed E-state index contributed by atoms with van der Waals surface area (Å²) in [7, 11) is 0. The Labute approximate surface area is 115 Å². The summed E-state index contributed by atoms with van der Waals surface area (Å²) >= 11 is 0. The van der Waals surface area contributed by atoms with Crippen molar-refractivity contribution in [2.45, 2.75) is 51.1 Å². The van der Waals surface area contributed by atoms with Crippen LogP contribution in [0.2, 0.25) is 0 Å². The van der Waals surface area contributed by atoms with Gasteiger partial charge in [0.05, 0.1) is 0 Å². The number of piperidine rings is 1. The van der Waals surface area contributed by atoms with E-state index < -0.39 is 0 Å². The number of hydrogen-bond acceptors (Lipinski definition) is 2. The van der Waals surface area contributed by atoms with Gasteiger partial charge in [0.1, 0.15) is 0 Å². The molecule has 3 heteroatoms. The Hall–Kier alpha value is -1.35. The highest BCUT2D eigenvalue weighted by atomic mass is 16.1. The zero-order valence-electron chi connectivity index (χ0n) is 11.7. The van der Waals surface area contributed by atoms with Crippen LogP contribution in [-0.4, -0.2) is 24.5 Å². The Bertz CT molecular complexity index is 391. The molecule has 104 valence electrons. The highest BCUT2D eigenvalue weighted by Gasteiger charge is 2.21. The van der Waals surface area contributed by atoms with E-state index >= 15 is 0 Å². The van der Waals surface area contributed by atoms with Gasteiger partial charge in [0.15, 0.2) is 0 Å². The molecule has 2 N–H and O–H groups in total. The maximum Gasteiger partial charge on any atom is 0.220 e. The van der Waals surface area contributed by atoms with Gasteiger partial charge < -0.3 is 10.6 Å². The average Bonchev–Trinajstić information content (AvgIpc) is 2.43. The fourth-order valence-electron chi connectivity index (χ4n) is 2.62. The molecule has 19 heavy (non-hydrogen) atoms. The third-order valence-electron chi connectivity index (χ3n) is 3.82. The van der Waals surface area contributed by atoms with Crippen molar-refractivity contribution in [3.63, 3.8) is 0 Å². The SMILES string of the molecule is CC1NCCCC1NC(=O)CCCc1ccccc1. The molecule has 0 bridgehead atoms. The van der Waals surface area contributed by atoms with Crippen LogP contribution >= 0.6 is 0 Å². The zero-order chi connectivity index (χ0) is 13.5. The monoisotopic (exact) mass is 260 g/mol. The first-order valence-corrected chi connectivity index (χ1v) is 7.32. The summed E-state index contributed by atoms with van der Waals surface area (Å²) in [5, 5.41) is 6.56. The fraction of sp³-hybridized carbons (Fsp3) is 0.562. The second kappa shape index (κ2) is 7.29. The molecule has 1 heterocycles. The lowest BCUT2D eigenvalue weighted by atomic mass is 9.99. The molecule has 1 aliphatic rings. The molecular weight excluding hydrogens is 236 g/mol. The standard InChI is InChI=1S/C16H24N2O/c1-13-15(10-6-12-17-13)18-16(19)11-5-9-14-7-3-2-4-8-14/h2-4,7-8,13,15,17H,5-6,9-12H2,1H3,(H,18,19). The van der Waals surface area contributed by atoms with Crippen LogP contribution in [0, 0.1) is 0 Å². The molecule has 0 radical (unpaired) electrons. The molecule has 0 aliphatic carbocycles. The Balaban J connectivity index is 1.67. The van der Waals surface area contributed by atoms with Gasteiger partial charge in [-0.3, -0.25) is 4.79 Å². The molecule has 2 rings (SSSR count). The molecule has 0 saturated carbocycles. The smallest absolute Gasteiger partial charge is 0.220 e. The Morgan fingerprint density at radius 3 is 2.89 bits per heavy atom. The molecule has 1 aromatic carbocycles. The summed E-state index contributed by atoms with van der Waals surface area (Å²) < 4.78 is 0. The number of nitrogens with one attached hydrogen (secondary N) is 2. The van der Waals surface area contributed by atoms with Crippen molar-refractivity contribution >= 4 is 5.91 Å². The number of hydrogen-bond donors (Lipinski definition) is 2. The minimum absolute atomic E-state index is 0.191. The van der Waals surface area contributed by atoms with Crippen LogP contribution in [0.1, 0.15) is 38.2 Å². The summed E-state index contributed by atoms with van der Waals surface area (Å²) in [6.07, 6.45) is 4.77. The van der Waals surface area contributed by atoms with Gasteiger partial charge in [0, 0.05) is 18.5 Å². The Morgan fingerprint density at radius 2 is 2.16 bits per heavy atom. The average molecular weight is 260 g/mol. The van der Waals surface area contributed by atoms with E-state index in [1.165, 1.54) is 5.56 Å². The predicted octanol–water partition coefficient (Wildman–Crippen LogP) is 2.27. The van der Waals surface area contributed by atoms with Gasteiger partial charge in [-0.2, -0.15) is 0 Å². The van der Waals surface area contributed by atoms with E-state index in [0.717, 1.165) is 32.2 Å². The largest absolute Gasteiger partial charge is 0.352 e. The minimum Gasteiger partial charge on any atom is -0.352 e. The van der Waals surface area contributed by atoms with Gasteiger partial charge in [-0.1, -0.05) is 30.3 Å². The summed E-state index contributed by atoms with van der Waals surface area (Å²) in [5.41, 5.74) is 1.31. The van der Waals surface area contributed by atoms with Crippen LogP contribution in [0.3, 0.4) is 0 Å². The first-order chi connectivity index (χ1) is 9.25. The van der Waals surface area contributed by atoms with E-state index in [9.17, 15) is 4.79 Å². The normalized spacial score (nSPS) is 23.0. The van der Waals surface area contributed by atoms with Crippen molar-refractivity contribution in [3.8, 4) is 0 Å². The van der Waals surface area contributed by atoms with Gasteiger partial charge in [0.2, 0.25) is 5.91 Å². The topological polar surface area (TPSA) is 41.1 Å². The van der Waals surface area contributed by atoms with Crippen molar-refractivity contribution in [1.29, 1.82) is 0 Å². The lowest BCUT2D eigenvalue weighted by molar-refractivity contribution is -0.122. The van der Waals surface area contributed by atoms with Crippen molar-refractivity contribution in [2.24, 2.45) is 0 Å². The van der Waals surface area contributed by atoms with Gasteiger partial charge in [-0.25, -0.2) is 0 Å². The molecule has 2 atom stereocenters. The van der Waals surface area contributed by atoms with Crippen molar-refractivity contribution < 1.29 is 4.79 Å². The van der Waals surface area contributed by atoms with Gasteiger partial charge >= 0.3 is 0 Å². The first-order valence-electron chi connectivity index (χ1n) is 7.32. The number of carbonyl (C=O) groups excluding carboxylic acids is 1. The maximum atomic E-state index is 11.9. The molecular formula is C16H24N2O. The van der Waals surface area contributed by atoms with E-state index in [1.807, 2.05) is 18.2 Å². The molecule has 1 saturated heterocycles. The predicted molar refractivity (Wildman–Crippen MR) is 78.0 cm³/mol. The molecule has 1 amide bonds. The summed E-state index contributed by atoms with van der Waals surface area (Å²) in [4.78, 5) is 11.9. The quantitative estimate of drug-likeness (QED) is 0.852. The first kappa shape index (κ1) is 14.1. The van der Waals surface area contributed by atoms with Gasteiger partial charge in [-0.05, 0) is 44.7 Å². The van der Waals surface area contributed by atoms with Crippen LogP contribution in [0.15, 0.2) is 30.3 Å². The van der Waals surface area contributed by atoms with E-state index in [-0.39, 0.29) is 5.91 Å². The second-order valence-electron chi connectivity index (χ2n) is 5.40. The summed E-state index contributed by atoms with van der Waals surface area (Å²) in [5.74, 6) is 0.191. The number of aryl methyl sites for hydroxylation is 1. The second-order valence-corrected chi connectivity index (χ2v) is 5.40. The van der Waals surface area contributed by atoms with Crippen molar-refractivity contribution in [3.05, 3.63) is 35.9 Å². The van der Waals surface area contributed by atoms with E-state index in [2.05, 4.69) is 29.7 Å². The van der Waals surface area contributed by atoms with E-state index in [4.69, 9.17) is 0 Å². The molecule has 1 fully saturated rings. The van der Waals surface area contributed by atoms with Gasteiger partial charge in [-0.15, -0.1) is 0 Å². The van der Waals surface area contributed by atoms with E-state index in [1.54, 1.807) is 0 Å². The third-order valence-corrected chi connectivity index (χ3v) is 3.82. The molecule has 3 nitrogen and oxygen atoms in total. The lowest BCUT2D eigenvalue weighted by Gasteiger charge is -2.30. The molecule has 2 unspecified atom stereocenters. The summed E-state index contributed by atoms with van der Waals surface area (Å²) in [6, 6.07) is 11.0.